The average molecular weight is 260 g/mol. The summed E-state index contributed by atoms with van der Waals surface area (Å²) >= 11 is 0.988. The molecule has 0 bridgehead atoms. The zero-order valence-corrected chi connectivity index (χ0v) is 9.98. The van der Waals surface area contributed by atoms with E-state index in [1.807, 2.05) is 36.4 Å². The molecule has 90 valence electrons. The highest BCUT2D eigenvalue weighted by Gasteiger charge is 2.08. The molecule has 0 aliphatic carbocycles. The van der Waals surface area contributed by atoms with Crippen molar-refractivity contribution in [3.05, 3.63) is 40.9 Å². The number of carbonyl (C=O) groups excluding carboxylic acids is 1. The van der Waals surface area contributed by atoms with Crippen LogP contribution in [0.5, 0.6) is 0 Å². The fraction of sp³-hybridized carbons (Fsp3) is 0.0909. The number of amides is 1. The third kappa shape index (κ3) is 3.26. The summed E-state index contributed by atoms with van der Waals surface area (Å²) in [5.74, 6) is 0. The van der Waals surface area contributed by atoms with Gasteiger partial charge in [-0.1, -0.05) is 41.7 Å². The van der Waals surface area contributed by atoms with E-state index in [9.17, 15) is 4.79 Å². The van der Waals surface area contributed by atoms with E-state index in [1.165, 1.54) is 0 Å². The number of anilines is 1. The third-order valence-corrected chi connectivity index (χ3v) is 2.69. The fourth-order valence-electron chi connectivity index (χ4n) is 1.17. The second-order valence-corrected chi connectivity index (χ2v) is 4.19. The molecule has 0 saturated heterocycles. The van der Waals surface area contributed by atoms with Gasteiger partial charge in [-0.25, -0.2) is 4.79 Å². The van der Waals surface area contributed by atoms with Crippen molar-refractivity contribution in [2.24, 2.45) is 0 Å². The highest BCUT2D eigenvalue weighted by atomic mass is 32.1. The quantitative estimate of drug-likeness (QED) is 0.913. The Balaban J connectivity index is 1.84. The summed E-state index contributed by atoms with van der Waals surface area (Å²) in [4.78, 5) is 11.4. The summed E-state index contributed by atoms with van der Waals surface area (Å²) in [7, 11) is 0. The number of nitrogens with one attached hydrogen (secondary N) is 1. The van der Waals surface area contributed by atoms with Crippen LogP contribution in [0, 0.1) is 11.3 Å². The molecule has 0 radical (unpaired) electrons. The molecular formula is C11H8N4O2S. The zero-order valence-electron chi connectivity index (χ0n) is 9.16. The molecule has 0 aliphatic rings. The van der Waals surface area contributed by atoms with Crippen LogP contribution in [0.15, 0.2) is 30.3 Å². The maximum atomic E-state index is 11.4. The van der Waals surface area contributed by atoms with Crippen molar-refractivity contribution in [1.82, 2.24) is 10.2 Å². The molecule has 1 heterocycles. The van der Waals surface area contributed by atoms with Crippen LogP contribution in [0.25, 0.3) is 0 Å². The minimum atomic E-state index is -0.625. The van der Waals surface area contributed by atoms with Crippen molar-refractivity contribution in [3.63, 3.8) is 0 Å². The number of aromatic nitrogens is 2. The predicted octanol–water partition coefficient (Wildman–Crippen LogP) is 2.16. The van der Waals surface area contributed by atoms with Crippen molar-refractivity contribution in [2.45, 2.75) is 6.61 Å². The minimum absolute atomic E-state index is 0.177. The predicted molar refractivity (Wildman–Crippen MR) is 64.9 cm³/mol. The Morgan fingerprint density at radius 1 is 1.39 bits per heavy atom. The highest BCUT2D eigenvalue weighted by Crippen LogP contribution is 2.14. The molecule has 7 heteroatoms. The monoisotopic (exact) mass is 260 g/mol. The van der Waals surface area contributed by atoms with Crippen LogP contribution in [0.4, 0.5) is 9.93 Å². The lowest BCUT2D eigenvalue weighted by atomic mass is 10.2. The van der Waals surface area contributed by atoms with Crippen molar-refractivity contribution in [2.75, 3.05) is 5.32 Å². The Morgan fingerprint density at radius 3 is 2.83 bits per heavy atom. The standard InChI is InChI=1S/C11H8N4O2S/c12-6-9-14-15-10(18-9)13-11(16)17-7-8-4-2-1-3-5-8/h1-5H,7H2,(H,13,15,16). The van der Waals surface area contributed by atoms with Crippen LogP contribution >= 0.6 is 11.3 Å². The Kier molecular flexibility index (Phi) is 3.83. The normalized spacial score (nSPS) is 9.50. The van der Waals surface area contributed by atoms with Gasteiger partial charge in [0.05, 0.1) is 0 Å². The molecule has 0 unspecified atom stereocenters. The van der Waals surface area contributed by atoms with Gasteiger partial charge in [0, 0.05) is 0 Å². The van der Waals surface area contributed by atoms with Gasteiger partial charge in [-0.05, 0) is 5.56 Å². The lowest BCUT2D eigenvalue weighted by molar-refractivity contribution is 0.155. The molecule has 0 fully saturated rings. The van der Waals surface area contributed by atoms with Gasteiger partial charge in [0.15, 0.2) is 0 Å². The van der Waals surface area contributed by atoms with E-state index in [2.05, 4.69) is 15.5 Å². The highest BCUT2D eigenvalue weighted by molar-refractivity contribution is 7.15. The summed E-state index contributed by atoms with van der Waals surface area (Å²) in [5, 5.41) is 18.5. The molecule has 2 aromatic rings. The second kappa shape index (κ2) is 5.75. The first kappa shape index (κ1) is 12.0. The Bertz CT molecular complexity index is 576. The Hall–Kier alpha value is -2.46. The number of hydrogen-bond donors (Lipinski definition) is 1. The van der Waals surface area contributed by atoms with E-state index in [-0.39, 0.29) is 16.7 Å². The van der Waals surface area contributed by atoms with Gasteiger partial charge in [0.2, 0.25) is 10.1 Å². The fourth-order valence-corrected chi connectivity index (χ4v) is 1.69. The van der Waals surface area contributed by atoms with Gasteiger partial charge >= 0.3 is 6.09 Å². The molecule has 2 rings (SSSR count). The Labute approximate surface area is 107 Å². The van der Waals surface area contributed by atoms with Crippen LogP contribution in [0.3, 0.4) is 0 Å². The van der Waals surface area contributed by atoms with E-state index in [4.69, 9.17) is 10.00 Å². The molecule has 0 spiro atoms. The number of carbonyl (C=O) groups is 1. The van der Waals surface area contributed by atoms with Crippen molar-refractivity contribution in [3.8, 4) is 6.07 Å². The molecule has 18 heavy (non-hydrogen) atoms. The summed E-state index contributed by atoms with van der Waals surface area (Å²) in [5.41, 5.74) is 0.891. The van der Waals surface area contributed by atoms with Crippen LogP contribution in [-0.2, 0) is 11.3 Å². The van der Waals surface area contributed by atoms with Crippen molar-refractivity contribution in [1.29, 1.82) is 5.26 Å². The van der Waals surface area contributed by atoms with Crippen LogP contribution < -0.4 is 5.32 Å². The first-order valence-electron chi connectivity index (χ1n) is 4.99. The van der Waals surface area contributed by atoms with E-state index in [1.54, 1.807) is 0 Å². The molecule has 0 atom stereocenters. The van der Waals surface area contributed by atoms with Crippen molar-refractivity contribution < 1.29 is 9.53 Å². The number of hydrogen-bond acceptors (Lipinski definition) is 6. The molecule has 1 N–H and O–H groups in total. The smallest absolute Gasteiger partial charge is 0.413 e. The summed E-state index contributed by atoms with van der Waals surface area (Å²) in [6.45, 7) is 0.177. The minimum Gasteiger partial charge on any atom is -0.444 e. The third-order valence-electron chi connectivity index (χ3n) is 1.94. The number of ether oxygens (including phenoxy) is 1. The Morgan fingerprint density at radius 2 is 2.17 bits per heavy atom. The molecule has 1 amide bonds. The van der Waals surface area contributed by atoms with Crippen molar-refractivity contribution >= 4 is 22.6 Å². The van der Waals surface area contributed by atoms with Gasteiger partial charge in [-0.15, -0.1) is 10.2 Å². The van der Waals surface area contributed by atoms with Gasteiger partial charge in [-0.2, -0.15) is 5.26 Å². The number of rotatable bonds is 3. The lowest BCUT2D eigenvalue weighted by Crippen LogP contribution is -2.13. The molecule has 1 aromatic heterocycles. The summed E-state index contributed by atoms with van der Waals surface area (Å²) in [6, 6.07) is 11.1. The van der Waals surface area contributed by atoms with Crippen LogP contribution in [0.1, 0.15) is 10.6 Å². The number of nitriles is 1. The largest absolute Gasteiger partial charge is 0.444 e. The van der Waals surface area contributed by atoms with E-state index < -0.39 is 6.09 Å². The zero-order chi connectivity index (χ0) is 12.8. The topological polar surface area (TPSA) is 87.9 Å². The molecule has 1 aromatic carbocycles. The van der Waals surface area contributed by atoms with Gasteiger partial charge < -0.3 is 4.74 Å². The molecule has 0 saturated carbocycles. The average Bonchev–Trinajstić information content (AvgIpc) is 2.85. The van der Waals surface area contributed by atoms with E-state index in [0.29, 0.717) is 0 Å². The first-order chi connectivity index (χ1) is 8.78. The maximum absolute atomic E-state index is 11.4. The number of benzene rings is 1. The van der Waals surface area contributed by atoms with Gasteiger partial charge in [0.25, 0.3) is 0 Å². The van der Waals surface area contributed by atoms with E-state index >= 15 is 0 Å². The summed E-state index contributed by atoms with van der Waals surface area (Å²) < 4.78 is 4.98. The summed E-state index contributed by atoms with van der Waals surface area (Å²) in [6.07, 6.45) is -0.625. The number of nitrogens with zero attached hydrogens (tertiary/aromatic N) is 3. The molecule has 0 aliphatic heterocycles. The molecule has 6 nitrogen and oxygen atoms in total. The lowest BCUT2D eigenvalue weighted by Gasteiger charge is -2.03. The SMILES string of the molecule is N#Cc1nnc(NC(=O)OCc2ccccc2)s1. The van der Waals surface area contributed by atoms with Crippen LogP contribution in [-0.4, -0.2) is 16.3 Å². The molecular weight excluding hydrogens is 252 g/mol. The van der Waals surface area contributed by atoms with Crippen LogP contribution in [0.2, 0.25) is 0 Å². The maximum Gasteiger partial charge on any atom is 0.413 e. The van der Waals surface area contributed by atoms with Gasteiger partial charge in [-0.3, -0.25) is 5.32 Å². The second-order valence-electron chi connectivity index (χ2n) is 3.21. The van der Waals surface area contributed by atoms with Gasteiger partial charge in [0.1, 0.15) is 12.7 Å². The van der Waals surface area contributed by atoms with E-state index in [0.717, 1.165) is 16.9 Å². The first-order valence-corrected chi connectivity index (χ1v) is 5.81.